The van der Waals surface area contributed by atoms with Crippen molar-refractivity contribution >= 4 is 22.9 Å². The van der Waals surface area contributed by atoms with Crippen molar-refractivity contribution in [1.29, 1.82) is 0 Å². The van der Waals surface area contributed by atoms with Gasteiger partial charge < -0.3 is 20.1 Å². The number of ether oxygens (including phenoxy) is 2. The number of thiocarbonyl (C=S) groups is 1. The molecule has 0 saturated heterocycles. The number of anilines is 1. The molecule has 0 bridgehead atoms. The van der Waals surface area contributed by atoms with Gasteiger partial charge in [-0.1, -0.05) is 18.3 Å². The Morgan fingerprint density at radius 3 is 2.60 bits per heavy atom. The van der Waals surface area contributed by atoms with Crippen LogP contribution in [-0.2, 0) is 9.47 Å². The fourth-order valence-electron chi connectivity index (χ4n) is 2.19. The molecule has 1 aromatic carbocycles. The maximum Gasteiger partial charge on any atom is 0.106 e. The van der Waals surface area contributed by atoms with Crippen LogP contribution in [-0.4, -0.2) is 45.0 Å². The zero-order chi connectivity index (χ0) is 15.1. The van der Waals surface area contributed by atoms with Gasteiger partial charge in [0.1, 0.15) is 4.99 Å². The molecular weight excluding hydrogens is 272 g/mol. The van der Waals surface area contributed by atoms with Gasteiger partial charge in [0.2, 0.25) is 0 Å². The molecule has 20 heavy (non-hydrogen) atoms. The van der Waals surface area contributed by atoms with Crippen LogP contribution in [0.5, 0.6) is 0 Å². The van der Waals surface area contributed by atoms with Crippen molar-refractivity contribution in [2.45, 2.75) is 19.9 Å². The lowest BCUT2D eigenvalue weighted by Crippen LogP contribution is -2.39. The predicted molar refractivity (Wildman–Crippen MR) is 87.6 cm³/mol. The molecule has 0 saturated carbocycles. The number of aryl methyl sites for hydroxylation is 1. The zero-order valence-corrected chi connectivity index (χ0v) is 13.5. The summed E-state index contributed by atoms with van der Waals surface area (Å²) in [4.78, 5) is 2.64. The molecule has 0 spiro atoms. The minimum Gasteiger partial charge on any atom is -0.389 e. The van der Waals surface area contributed by atoms with Gasteiger partial charge in [0.15, 0.2) is 0 Å². The van der Waals surface area contributed by atoms with Gasteiger partial charge in [-0.15, -0.1) is 0 Å². The second-order valence-corrected chi connectivity index (χ2v) is 5.32. The van der Waals surface area contributed by atoms with Gasteiger partial charge in [-0.2, -0.15) is 0 Å². The van der Waals surface area contributed by atoms with E-state index in [9.17, 15) is 0 Å². The van der Waals surface area contributed by atoms with Crippen molar-refractivity contribution in [2.75, 3.05) is 38.9 Å². The second-order valence-electron chi connectivity index (χ2n) is 4.88. The van der Waals surface area contributed by atoms with Crippen LogP contribution in [0.4, 0.5) is 5.69 Å². The van der Waals surface area contributed by atoms with Crippen LogP contribution in [0.1, 0.15) is 18.1 Å². The van der Waals surface area contributed by atoms with E-state index in [0.29, 0.717) is 18.2 Å². The van der Waals surface area contributed by atoms with Gasteiger partial charge in [-0.25, -0.2) is 0 Å². The number of methoxy groups -OCH3 is 2. The van der Waals surface area contributed by atoms with E-state index in [1.54, 1.807) is 14.2 Å². The topological polar surface area (TPSA) is 47.7 Å². The smallest absolute Gasteiger partial charge is 0.106 e. The molecular formula is C15H24N2O2S. The Labute approximate surface area is 126 Å². The maximum absolute atomic E-state index is 5.85. The summed E-state index contributed by atoms with van der Waals surface area (Å²) in [7, 11) is 3.40. The first-order valence-electron chi connectivity index (χ1n) is 6.66. The summed E-state index contributed by atoms with van der Waals surface area (Å²) in [6.07, 6.45) is 0. The van der Waals surface area contributed by atoms with Crippen LogP contribution in [0.25, 0.3) is 0 Å². The third-order valence-corrected chi connectivity index (χ3v) is 3.42. The van der Waals surface area contributed by atoms with E-state index in [1.165, 1.54) is 5.56 Å². The summed E-state index contributed by atoms with van der Waals surface area (Å²) >= 11 is 5.16. The highest BCUT2D eigenvalue weighted by molar-refractivity contribution is 7.80. The average Bonchev–Trinajstić information content (AvgIpc) is 2.39. The van der Waals surface area contributed by atoms with Crippen LogP contribution < -0.4 is 10.6 Å². The molecule has 1 rings (SSSR count). The van der Waals surface area contributed by atoms with Crippen LogP contribution in [0.3, 0.4) is 0 Å². The number of benzene rings is 1. The van der Waals surface area contributed by atoms with E-state index >= 15 is 0 Å². The monoisotopic (exact) mass is 296 g/mol. The molecule has 2 N–H and O–H groups in total. The Hall–Kier alpha value is -1.17. The van der Waals surface area contributed by atoms with Crippen LogP contribution in [0.2, 0.25) is 0 Å². The van der Waals surface area contributed by atoms with Gasteiger partial charge in [-0.3, -0.25) is 0 Å². The van der Waals surface area contributed by atoms with Crippen molar-refractivity contribution in [1.82, 2.24) is 0 Å². The maximum atomic E-state index is 5.85. The minimum atomic E-state index is 0.213. The molecule has 0 radical (unpaired) electrons. The summed E-state index contributed by atoms with van der Waals surface area (Å²) in [6, 6.07) is 6.32. The van der Waals surface area contributed by atoms with Gasteiger partial charge in [-0.05, 0) is 31.5 Å². The first-order chi connectivity index (χ1) is 9.51. The van der Waals surface area contributed by atoms with E-state index in [0.717, 1.165) is 17.8 Å². The Kier molecular flexibility index (Phi) is 6.91. The molecule has 1 atom stereocenters. The molecule has 112 valence electrons. The number of rotatable bonds is 8. The summed E-state index contributed by atoms with van der Waals surface area (Å²) in [5, 5.41) is 0. The molecule has 1 aromatic rings. The molecule has 4 nitrogen and oxygen atoms in total. The lowest BCUT2D eigenvalue weighted by atomic mass is 10.1. The van der Waals surface area contributed by atoms with Crippen LogP contribution in [0.15, 0.2) is 18.2 Å². The molecule has 0 aliphatic rings. The first kappa shape index (κ1) is 16.9. The van der Waals surface area contributed by atoms with E-state index in [4.69, 9.17) is 27.4 Å². The molecule has 0 fully saturated rings. The normalized spacial score (nSPS) is 12.2. The van der Waals surface area contributed by atoms with Gasteiger partial charge in [0.05, 0.1) is 13.2 Å². The standard InChI is InChI=1S/C15H24N2O2S/c1-11-5-6-13(15(16)20)14(9-11)17(7-8-18-3)12(2)10-19-4/h5-6,9,12H,7-8,10H2,1-4H3,(H2,16,20). The molecule has 5 heteroatoms. The van der Waals surface area contributed by atoms with Crippen molar-refractivity contribution < 1.29 is 9.47 Å². The number of nitrogens with two attached hydrogens (primary N) is 1. The minimum absolute atomic E-state index is 0.213. The molecule has 0 heterocycles. The SMILES string of the molecule is COCCN(c1cc(C)ccc1C(N)=S)C(C)COC. The third kappa shape index (κ3) is 4.44. The Balaban J connectivity index is 3.16. The third-order valence-electron chi connectivity index (χ3n) is 3.20. The van der Waals surface area contributed by atoms with Gasteiger partial charge in [0, 0.05) is 38.1 Å². The Morgan fingerprint density at radius 1 is 1.35 bits per heavy atom. The Morgan fingerprint density at radius 2 is 2.05 bits per heavy atom. The highest BCUT2D eigenvalue weighted by Crippen LogP contribution is 2.24. The summed E-state index contributed by atoms with van der Waals surface area (Å²) in [5.74, 6) is 0. The average molecular weight is 296 g/mol. The fourth-order valence-corrected chi connectivity index (χ4v) is 2.36. The van der Waals surface area contributed by atoms with Crippen LogP contribution >= 0.6 is 12.2 Å². The summed E-state index contributed by atoms with van der Waals surface area (Å²) in [5.41, 5.74) is 8.95. The van der Waals surface area contributed by atoms with Crippen molar-refractivity contribution in [3.8, 4) is 0 Å². The zero-order valence-electron chi connectivity index (χ0n) is 12.7. The van der Waals surface area contributed by atoms with E-state index in [1.807, 2.05) is 12.1 Å². The van der Waals surface area contributed by atoms with E-state index in [-0.39, 0.29) is 6.04 Å². The van der Waals surface area contributed by atoms with Crippen molar-refractivity contribution in [2.24, 2.45) is 5.73 Å². The number of nitrogens with zero attached hydrogens (tertiary/aromatic N) is 1. The molecule has 0 aliphatic carbocycles. The Bertz CT molecular complexity index is 451. The lowest BCUT2D eigenvalue weighted by molar-refractivity contribution is 0.171. The quantitative estimate of drug-likeness (QED) is 0.745. The molecule has 0 aliphatic heterocycles. The summed E-state index contributed by atoms with van der Waals surface area (Å²) < 4.78 is 10.5. The lowest BCUT2D eigenvalue weighted by Gasteiger charge is -2.32. The first-order valence-corrected chi connectivity index (χ1v) is 7.07. The molecule has 0 aromatic heterocycles. The van der Waals surface area contributed by atoms with Gasteiger partial charge >= 0.3 is 0 Å². The highest BCUT2D eigenvalue weighted by Gasteiger charge is 2.18. The largest absolute Gasteiger partial charge is 0.389 e. The van der Waals surface area contributed by atoms with Crippen molar-refractivity contribution in [3.05, 3.63) is 29.3 Å². The number of hydrogen-bond donors (Lipinski definition) is 1. The molecule has 1 unspecified atom stereocenters. The van der Waals surface area contributed by atoms with Crippen molar-refractivity contribution in [3.63, 3.8) is 0 Å². The summed E-state index contributed by atoms with van der Waals surface area (Å²) in [6.45, 7) is 6.21. The highest BCUT2D eigenvalue weighted by atomic mass is 32.1. The van der Waals surface area contributed by atoms with Crippen LogP contribution in [0, 0.1) is 6.92 Å². The van der Waals surface area contributed by atoms with Gasteiger partial charge in [0.25, 0.3) is 0 Å². The predicted octanol–water partition coefficient (Wildman–Crippen LogP) is 2.12. The fraction of sp³-hybridized carbons (Fsp3) is 0.533. The molecule has 0 amide bonds. The van der Waals surface area contributed by atoms with E-state index in [2.05, 4.69) is 24.8 Å². The van der Waals surface area contributed by atoms with E-state index < -0.39 is 0 Å². The second kappa shape index (κ2) is 8.19. The number of hydrogen-bond acceptors (Lipinski definition) is 4.